The molecule has 0 saturated carbocycles. The smallest absolute Gasteiger partial charge is 0.333 e. The van der Waals surface area contributed by atoms with Crippen LogP contribution in [0.1, 0.15) is 60.8 Å². The highest BCUT2D eigenvalue weighted by molar-refractivity contribution is 5.89. The number of hydrogen-bond donors (Lipinski definition) is 0. The van der Waals surface area contributed by atoms with Crippen molar-refractivity contribution < 1.29 is 14.3 Å². The molecule has 1 aliphatic heterocycles. The van der Waals surface area contributed by atoms with Gasteiger partial charge in [0.1, 0.15) is 0 Å². The molecule has 4 atom stereocenters. The van der Waals surface area contributed by atoms with Crippen LogP contribution in [-0.4, -0.2) is 47.3 Å². The maximum atomic E-state index is 12.1. The molecule has 1 fully saturated rings. The first-order chi connectivity index (χ1) is 10.3. The molecule has 0 N–H and O–H groups in total. The fourth-order valence-electron chi connectivity index (χ4n) is 3.63. The number of esters is 1. The van der Waals surface area contributed by atoms with E-state index in [-0.39, 0.29) is 23.7 Å². The van der Waals surface area contributed by atoms with Gasteiger partial charge < -0.3 is 9.47 Å². The van der Waals surface area contributed by atoms with Crippen LogP contribution in [0.2, 0.25) is 0 Å². The van der Waals surface area contributed by atoms with Gasteiger partial charge in [-0.1, -0.05) is 13.8 Å². The number of fused-ring (bicyclic) bond motifs is 1. The predicted octanol–water partition coefficient (Wildman–Crippen LogP) is 3.30. The first-order valence-corrected chi connectivity index (χ1v) is 8.65. The number of nitrogens with zero attached hydrogens (tertiary/aromatic N) is 1. The van der Waals surface area contributed by atoms with Gasteiger partial charge in [-0.05, 0) is 53.0 Å². The van der Waals surface area contributed by atoms with E-state index in [1.807, 2.05) is 13.0 Å². The van der Waals surface area contributed by atoms with Gasteiger partial charge in [0.05, 0.1) is 24.9 Å². The summed E-state index contributed by atoms with van der Waals surface area (Å²) in [6.07, 6.45) is 5.06. The Balaban J connectivity index is 2.17. The zero-order valence-electron chi connectivity index (χ0n) is 14.9. The van der Waals surface area contributed by atoms with Crippen molar-refractivity contribution in [1.29, 1.82) is 0 Å². The molecule has 1 heterocycles. The summed E-state index contributed by atoms with van der Waals surface area (Å²) >= 11 is 0. The number of ether oxygens (including phenoxy) is 2. The molecule has 0 amide bonds. The normalized spacial score (nSPS) is 30.8. The molecule has 0 bridgehead atoms. The largest absolute Gasteiger partial charge is 0.463 e. The summed E-state index contributed by atoms with van der Waals surface area (Å²) in [5.41, 5.74) is 0.883. The SMILES string of the molecule is CCOC(=O)C1=C[C@@H](OC(CC)CC)[C@H]2[C@H](C1)N2C(C)(C)C. The van der Waals surface area contributed by atoms with E-state index < -0.39 is 0 Å². The van der Waals surface area contributed by atoms with Crippen LogP contribution in [-0.2, 0) is 14.3 Å². The lowest BCUT2D eigenvalue weighted by molar-refractivity contribution is -0.138. The van der Waals surface area contributed by atoms with Gasteiger partial charge in [0, 0.05) is 17.2 Å². The first-order valence-electron chi connectivity index (χ1n) is 8.65. The van der Waals surface area contributed by atoms with E-state index in [2.05, 4.69) is 39.5 Å². The van der Waals surface area contributed by atoms with Gasteiger partial charge in [0.15, 0.2) is 0 Å². The van der Waals surface area contributed by atoms with Crippen molar-refractivity contribution in [2.45, 2.75) is 90.6 Å². The Hall–Kier alpha value is -0.870. The third kappa shape index (κ3) is 3.54. The number of carbonyl (C=O) groups is 1. The number of rotatable bonds is 6. The predicted molar refractivity (Wildman–Crippen MR) is 87.7 cm³/mol. The van der Waals surface area contributed by atoms with Gasteiger partial charge in [0.25, 0.3) is 0 Å². The monoisotopic (exact) mass is 309 g/mol. The molecule has 1 saturated heterocycles. The standard InChI is InChI=1S/C18H31NO3/c1-7-13(8-2)22-15-11-12(17(20)21-9-3)10-14-16(15)19(14)18(4,5)6/h11,13-16H,7-10H2,1-6H3/t14-,15+,16+,19?/m0/s1. The van der Waals surface area contributed by atoms with E-state index in [1.165, 1.54) is 0 Å². The molecule has 126 valence electrons. The fraction of sp³-hybridized carbons (Fsp3) is 0.833. The highest BCUT2D eigenvalue weighted by atomic mass is 16.5. The Morgan fingerprint density at radius 3 is 2.45 bits per heavy atom. The topological polar surface area (TPSA) is 38.5 Å². The Morgan fingerprint density at radius 1 is 1.32 bits per heavy atom. The van der Waals surface area contributed by atoms with Gasteiger partial charge in [0.2, 0.25) is 0 Å². The van der Waals surface area contributed by atoms with Crippen molar-refractivity contribution in [1.82, 2.24) is 4.90 Å². The Morgan fingerprint density at radius 2 is 1.95 bits per heavy atom. The van der Waals surface area contributed by atoms with Gasteiger partial charge >= 0.3 is 5.97 Å². The molecular weight excluding hydrogens is 278 g/mol. The van der Waals surface area contributed by atoms with E-state index in [9.17, 15) is 4.79 Å². The second-order valence-electron chi connectivity index (χ2n) is 7.29. The summed E-state index contributed by atoms with van der Waals surface area (Å²) in [6, 6.07) is 0.808. The van der Waals surface area contributed by atoms with Crippen molar-refractivity contribution in [2.75, 3.05) is 6.61 Å². The van der Waals surface area contributed by atoms with Crippen molar-refractivity contribution in [3.05, 3.63) is 11.6 Å². The molecule has 4 heteroatoms. The van der Waals surface area contributed by atoms with Crippen LogP contribution in [0.3, 0.4) is 0 Å². The van der Waals surface area contributed by atoms with Crippen molar-refractivity contribution >= 4 is 5.97 Å². The zero-order valence-corrected chi connectivity index (χ0v) is 14.9. The average molecular weight is 309 g/mol. The third-order valence-electron chi connectivity index (χ3n) is 4.69. The minimum Gasteiger partial charge on any atom is -0.463 e. The lowest BCUT2D eigenvalue weighted by atomic mass is 9.97. The lowest BCUT2D eigenvalue weighted by Crippen LogP contribution is -2.34. The molecule has 0 aromatic carbocycles. The van der Waals surface area contributed by atoms with Crippen LogP contribution in [0.5, 0.6) is 0 Å². The molecule has 0 aromatic rings. The highest BCUT2D eigenvalue weighted by Gasteiger charge is 2.59. The van der Waals surface area contributed by atoms with Crippen LogP contribution in [0.15, 0.2) is 11.6 Å². The van der Waals surface area contributed by atoms with Crippen LogP contribution in [0.4, 0.5) is 0 Å². The molecule has 2 rings (SSSR count). The molecule has 0 radical (unpaired) electrons. The molecular formula is C18H31NO3. The molecule has 0 aromatic heterocycles. The molecule has 22 heavy (non-hydrogen) atoms. The summed E-state index contributed by atoms with van der Waals surface area (Å²) in [6.45, 7) is 13.3. The molecule has 1 aliphatic carbocycles. The van der Waals surface area contributed by atoms with E-state index in [4.69, 9.17) is 9.47 Å². The van der Waals surface area contributed by atoms with E-state index in [1.54, 1.807) is 0 Å². The van der Waals surface area contributed by atoms with Crippen LogP contribution < -0.4 is 0 Å². The van der Waals surface area contributed by atoms with Gasteiger partial charge in [-0.2, -0.15) is 0 Å². The third-order valence-corrected chi connectivity index (χ3v) is 4.69. The summed E-state index contributed by atoms with van der Waals surface area (Å²) in [5.74, 6) is -0.181. The second kappa shape index (κ2) is 6.71. The summed E-state index contributed by atoms with van der Waals surface area (Å²) in [5, 5.41) is 0. The lowest BCUT2D eigenvalue weighted by Gasteiger charge is -2.26. The van der Waals surface area contributed by atoms with Gasteiger partial charge in [-0.25, -0.2) is 4.79 Å². The van der Waals surface area contributed by atoms with Crippen molar-refractivity contribution in [3.8, 4) is 0 Å². The quantitative estimate of drug-likeness (QED) is 0.557. The highest BCUT2D eigenvalue weighted by Crippen LogP contribution is 2.47. The zero-order chi connectivity index (χ0) is 16.5. The molecule has 2 aliphatic rings. The Bertz CT molecular complexity index is 434. The van der Waals surface area contributed by atoms with E-state index in [0.717, 1.165) is 24.8 Å². The minimum absolute atomic E-state index is 0.00211. The Labute approximate surface area is 134 Å². The minimum atomic E-state index is -0.181. The van der Waals surface area contributed by atoms with Gasteiger partial charge in [-0.15, -0.1) is 0 Å². The maximum absolute atomic E-state index is 12.1. The van der Waals surface area contributed by atoms with Crippen LogP contribution >= 0.6 is 0 Å². The number of carbonyl (C=O) groups excluding carboxylic acids is 1. The summed E-state index contributed by atoms with van der Waals surface area (Å²) in [4.78, 5) is 14.6. The number of hydrogen-bond acceptors (Lipinski definition) is 4. The van der Waals surface area contributed by atoms with Crippen LogP contribution in [0, 0.1) is 0 Å². The fourth-order valence-corrected chi connectivity index (χ4v) is 3.63. The van der Waals surface area contributed by atoms with Crippen molar-refractivity contribution in [3.63, 3.8) is 0 Å². The van der Waals surface area contributed by atoms with Crippen molar-refractivity contribution in [2.24, 2.45) is 0 Å². The maximum Gasteiger partial charge on any atom is 0.333 e. The van der Waals surface area contributed by atoms with Crippen LogP contribution in [0.25, 0.3) is 0 Å². The summed E-state index contributed by atoms with van der Waals surface area (Å²) < 4.78 is 11.5. The average Bonchev–Trinajstić information content (AvgIpc) is 3.19. The molecule has 1 unspecified atom stereocenters. The summed E-state index contributed by atoms with van der Waals surface area (Å²) in [7, 11) is 0. The Kier molecular flexibility index (Phi) is 5.33. The van der Waals surface area contributed by atoms with E-state index in [0.29, 0.717) is 18.7 Å². The molecule has 4 nitrogen and oxygen atoms in total. The first kappa shape index (κ1) is 17.5. The van der Waals surface area contributed by atoms with E-state index >= 15 is 0 Å². The molecule has 0 spiro atoms. The van der Waals surface area contributed by atoms with Gasteiger partial charge in [-0.3, -0.25) is 4.90 Å². The second-order valence-corrected chi connectivity index (χ2v) is 7.29.